The Balaban J connectivity index is 1.92. The molecule has 3 rings (SSSR count). The number of anilines is 1. The number of halogens is 2. The summed E-state index contributed by atoms with van der Waals surface area (Å²) in [5.74, 6) is -0.575. The summed E-state index contributed by atoms with van der Waals surface area (Å²) in [6.45, 7) is 1.45. The fourth-order valence-electron chi connectivity index (χ4n) is 3.57. The first kappa shape index (κ1) is 25.7. The zero-order valence-electron chi connectivity index (χ0n) is 19.2. The van der Waals surface area contributed by atoms with Crippen LogP contribution < -0.4 is 19.5 Å². The lowest BCUT2D eigenvalue weighted by molar-refractivity contribution is -0.0512. The summed E-state index contributed by atoms with van der Waals surface area (Å²) in [7, 11) is -2.48. The van der Waals surface area contributed by atoms with Gasteiger partial charge in [0.1, 0.15) is 5.75 Å². The molecule has 0 aliphatic carbocycles. The van der Waals surface area contributed by atoms with Gasteiger partial charge in [-0.3, -0.25) is 4.79 Å². The SMILES string of the molecule is COc1cc(C(=O)Nc2cc(S(=O)(=O)N3CCCCC3)ccc2OC(C)C)ccc1OC(F)F. The fraction of sp³-hybridized carbons (Fsp3) is 0.435. The maximum absolute atomic E-state index is 13.1. The minimum absolute atomic E-state index is 0.0408. The third-order valence-electron chi connectivity index (χ3n) is 5.16. The van der Waals surface area contributed by atoms with Crippen LogP contribution in [0.4, 0.5) is 14.5 Å². The number of ether oxygens (including phenoxy) is 3. The maximum Gasteiger partial charge on any atom is 0.387 e. The molecule has 1 aliphatic rings. The van der Waals surface area contributed by atoms with E-state index in [0.29, 0.717) is 18.8 Å². The Morgan fingerprint density at radius 2 is 1.65 bits per heavy atom. The average Bonchev–Trinajstić information content (AvgIpc) is 2.80. The number of sulfonamides is 1. The lowest BCUT2D eigenvalue weighted by atomic mass is 10.1. The molecule has 186 valence electrons. The largest absolute Gasteiger partial charge is 0.493 e. The van der Waals surface area contributed by atoms with Crippen LogP contribution in [0.3, 0.4) is 0 Å². The number of amides is 1. The van der Waals surface area contributed by atoms with Crippen molar-refractivity contribution >= 4 is 21.6 Å². The standard InChI is InChI=1S/C23H28F2N2O6S/c1-15(2)32-19-10-8-17(34(29,30)27-11-5-4-6-12-27)14-18(19)26-22(28)16-7-9-20(33-23(24)25)21(13-16)31-3/h7-10,13-15,23H,4-6,11-12H2,1-3H3,(H,26,28). The molecule has 34 heavy (non-hydrogen) atoms. The van der Waals surface area contributed by atoms with Crippen LogP contribution in [-0.4, -0.2) is 51.5 Å². The number of carbonyl (C=O) groups excluding carboxylic acids is 1. The van der Waals surface area contributed by atoms with Crippen LogP contribution in [0.25, 0.3) is 0 Å². The minimum atomic E-state index is -3.74. The normalized spacial score (nSPS) is 14.8. The van der Waals surface area contributed by atoms with Crippen molar-refractivity contribution in [3.05, 3.63) is 42.0 Å². The Morgan fingerprint density at radius 3 is 2.26 bits per heavy atom. The van der Waals surface area contributed by atoms with Crippen molar-refractivity contribution in [2.75, 3.05) is 25.5 Å². The average molecular weight is 499 g/mol. The van der Waals surface area contributed by atoms with Gasteiger partial charge in [-0.05, 0) is 63.1 Å². The van der Waals surface area contributed by atoms with Crippen LogP contribution in [0.1, 0.15) is 43.5 Å². The Hall–Kier alpha value is -2.92. The van der Waals surface area contributed by atoms with Crippen molar-refractivity contribution < 1.29 is 36.2 Å². The number of rotatable bonds is 9. The second-order valence-corrected chi connectivity index (χ2v) is 9.93. The summed E-state index contributed by atoms with van der Waals surface area (Å²) in [5, 5.41) is 2.67. The van der Waals surface area contributed by atoms with Crippen molar-refractivity contribution in [1.82, 2.24) is 4.31 Å². The van der Waals surface area contributed by atoms with Gasteiger partial charge in [0.2, 0.25) is 10.0 Å². The van der Waals surface area contributed by atoms with E-state index in [-0.39, 0.29) is 33.7 Å². The number of hydrogen-bond acceptors (Lipinski definition) is 6. The molecule has 1 aliphatic heterocycles. The van der Waals surface area contributed by atoms with E-state index in [1.165, 1.54) is 47.8 Å². The second kappa shape index (κ2) is 11.0. The van der Waals surface area contributed by atoms with E-state index in [1.54, 1.807) is 13.8 Å². The summed E-state index contributed by atoms with van der Waals surface area (Å²) < 4.78 is 68.0. The van der Waals surface area contributed by atoms with Crippen molar-refractivity contribution in [2.45, 2.75) is 50.7 Å². The number of hydrogen-bond donors (Lipinski definition) is 1. The van der Waals surface area contributed by atoms with Gasteiger partial charge in [0.15, 0.2) is 11.5 Å². The molecule has 1 amide bonds. The van der Waals surface area contributed by atoms with Gasteiger partial charge in [-0.25, -0.2) is 8.42 Å². The van der Waals surface area contributed by atoms with Crippen molar-refractivity contribution in [3.63, 3.8) is 0 Å². The highest BCUT2D eigenvalue weighted by Gasteiger charge is 2.27. The van der Waals surface area contributed by atoms with Crippen molar-refractivity contribution in [1.29, 1.82) is 0 Å². The predicted octanol–water partition coefficient (Wildman–Crippen LogP) is 4.51. The van der Waals surface area contributed by atoms with Gasteiger partial charge in [0.25, 0.3) is 5.91 Å². The second-order valence-electron chi connectivity index (χ2n) is 7.99. The van der Waals surface area contributed by atoms with Crippen molar-refractivity contribution in [2.24, 2.45) is 0 Å². The summed E-state index contributed by atoms with van der Waals surface area (Å²) in [6.07, 6.45) is 2.35. The molecule has 11 heteroatoms. The first-order valence-electron chi connectivity index (χ1n) is 10.9. The van der Waals surface area contributed by atoms with Crippen LogP contribution >= 0.6 is 0 Å². The molecule has 2 aromatic carbocycles. The molecular formula is C23H28F2N2O6S. The van der Waals surface area contributed by atoms with Gasteiger partial charge in [-0.2, -0.15) is 13.1 Å². The van der Waals surface area contributed by atoms with E-state index in [4.69, 9.17) is 9.47 Å². The highest BCUT2D eigenvalue weighted by Crippen LogP contribution is 2.33. The van der Waals surface area contributed by atoms with Crippen LogP contribution in [0, 0.1) is 0 Å². The molecule has 0 atom stereocenters. The van der Waals surface area contributed by atoms with Crippen LogP contribution in [0.2, 0.25) is 0 Å². The molecule has 0 spiro atoms. The van der Waals surface area contributed by atoms with E-state index in [0.717, 1.165) is 19.3 Å². The van der Waals surface area contributed by atoms with Gasteiger partial charge in [-0.15, -0.1) is 0 Å². The van der Waals surface area contributed by atoms with Gasteiger partial charge < -0.3 is 19.5 Å². The third kappa shape index (κ3) is 6.15. The van der Waals surface area contributed by atoms with E-state index < -0.39 is 22.5 Å². The molecule has 8 nitrogen and oxygen atoms in total. The molecule has 1 fully saturated rings. The van der Waals surface area contributed by atoms with Crippen LogP contribution in [0.5, 0.6) is 17.2 Å². The monoisotopic (exact) mass is 498 g/mol. The van der Waals surface area contributed by atoms with Crippen LogP contribution in [0.15, 0.2) is 41.3 Å². The summed E-state index contributed by atoms with van der Waals surface area (Å²) >= 11 is 0. The molecule has 2 aromatic rings. The van der Waals surface area contributed by atoms with Crippen molar-refractivity contribution in [3.8, 4) is 17.2 Å². The number of benzene rings is 2. The fourth-order valence-corrected chi connectivity index (χ4v) is 5.12. The number of nitrogens with one attached hydrogen (secondary N) is 1. The van der Waals surface area contributed by atoms with Crippen LogP contribution in [-0.2, 0) is 10.0 Å². The molecule has 1 N–H and O–H groups in total. The number of nitrogens with zero attached hydrogens (tertiary/aromatic N) is 1. The predicted molar refractivity (Wildman–Crippen MR) is 122 cm³/mol. The topological polar surface area (TPSA) is 94.2 Å². The van der Waals surface area contributed by atoms with Gasteiger partial charge in [0, 0.05) is 18.7 Å². The molecule has 0 radical (unpaired) electrons. The zero-order valence-corrected chi connectivity index (χ0v) is 20.0. The number of methoxy groups -OCH3 is 1. The van der Waals surface area contributed by atoms with E-state index >= 15 is 0 Å². The van der Waals surface area contributed by atoms with E-state index in [1.807, 2.05) is 0 Å². The molecule has 0 unspecified atom stereocenters. The number of carbonyl (C=O) groups is 1. The third-order valence-corrected chi connectivity index (χ3v) is 7.05. The summed E-state index contributed by atoms with van der Waals surface area (Å²) in [6, 6.07) is 8.08. The molecular weight excluding hydrogens is 470 g/mol. The first-order valence-corrected chi connectivity index (χ1v) is 12.3. The minimum Gasteiger partial charge on any atom is -0.493 e. The smallest absolute Gasteiger partial charge is 0.387 e. The van der Waals surface area contributed by atoms with E-state index in [9.17, 15) is 22.0 Å². The Morgan fingerprint density at radius 1 is 0.971 bits per heavy atom. The first-order chi connectivity index (χ1) is 16.1. The Bertz CT molecular complexity index is 1120. The Kier molecular flexibility index (Phi) is 8.32. The highest BCUT2D eigenvalue weighted by atomic mass is 32.2. The summed E-state index contributed by atoms with van der Waals surface area (Å²) in [4.78, 5) is 13.0. The summed E-state index contributed by atoms with van der Waals surface area (Å²) in [5.41, 5.74) is 0.266. The van der Waals surface area contributed by atoms with Gasteiger partial charge in [0.05, 0.1) is 23.8 Å². The van der Waals surface area contributed by atoms with Gasteiger partial charge in [-0.1, -0.05) is 6.42 Å². The van der Waals surface area contributed by atoms with Gasteiger partial charge >= 0.3 is 6.61 Å². The highest BCUT2D eigenvalue weighted by molar-refractivity contribution is 7.89. The Labute approximate surface area is 197 Å². The molecule has 0 bridgehead atoms. The molecule has 0 aromatic heterocycles. The lowest BCUT2D eigenvalue weighted by Gasteiger charge is -2.26. The quantitative estimate of drug-likeness (QED) is 0.547. The van der Waals surface area contributed by atoms with E-state index in [2.05, 4.69) is 10.1 Å². The molecule has 1 heterocycles. The number of piperidine rings is 1. The molecule has 0 saturated carbocycles. The zero-order chi connectivity index (χ0) is 24.9. The number of alkyl halides is 2. The lowest BCUT2D eigenvalue weighted by Crippen LogP contribution is -2.35. The maximum atomic E-state index is 13.1. The molecule has 1 saturated heterocycles.